The highest BCUT2D eigenvalue weighted by atomic mass is 16.3. The molecule has 0 aliphatic carbocycles. The zero-order valence-electron chi connectivity index (χ0n) is 9.61. The van der Waals surface area contributed by atoms with E-state index in [1.807, 2.05) is 11.8 Å². The van der Waals surface area contributed by atoms with Crippen molar-refractivity contribution >= 4 is 5.91 Å². The molecule has 0 bridgehead atoms. The molecule has 1 aliphatic heterocycles. The Morgan fingerprint density at radius 3 is 3.06 bits per heavy atom. The molecule has 1 aromatic heterocycles. The summed E-state index contributed by atoms with van der Waals surface area (Å²) in [7, 11) is 0. The van der Waals surface area contributed by atoms with Gasteiger partial charge in [0.25, 0.3) is 5.91 Å². The molecule has 0 aromatic carbocycles. The van der Waals surface area contributed by atoms with E-state index in [4.69, 9.17) is 10.2 Å². The Kier molecular flexibility index (Phi) is 3.29. The summed E-state index contributed by atoms with van der Waals surface area (Å²) < 4.78 is 5.17. The first-order valence-electron chi connectivity index (χ1n) is 5.78. The van der Waals surface area contributed by atoms with Gasteiger partial charge in [-0.2, -0.15) is 0 Å². The van der Waals surface area contributed by atoms with Crippen molar-refractivity contribution in [3.63, 3.8) is 0 Å². The highest BCUT2D eigenvalue weighted by molar-refractivity contribution is 5.94. The third-order valence-corrected chi connectivity index (χ3v) is 3.14. The molecule has 1 unspecified atom stereocenters. The summed E-state index contributed by atoms with van der Waals surface area (Å²) in [5, 5.41) is 0. The van der Waals surface area contributed by atoms with E-state index in [1.54, 1.807) is 6.07 Å². The first-order valence-corrected chi connectivity index (χ1v) is 5.78. The molecule has 2 heterocycles. The van der Waals surface area contributed by atoms with Crippen molar-refractivity contribution in [2.24, 2.45) is 5.73 Å². The van der Waals surface area contributed by atoms with Gasteiger partial charge in [-0.25, -0.2) is 0 Å². The number of carbonyl (C=O) groups excluding carboxylic acids is 1. The second-order valence-corrected chi connectivity index (χ2v) is 4.33. The van der Waals surface area contributed by atoms with Crippen LogP contribution < -0.4 is 5.73 Å². The highest BCUT2D eigenvalue weighted by Crippen LogP contribution is 2.19. The minimum atomic E-state index is 0.0481. The average molecular weight is 222 g/mol. The zero-order chi connectivity index (χ0) is 11.5. The topological polar surface area (TPSA) is 59.5 Å². The summed E-state index contributed by atoms with van der Waals surface area (Å²) >= 11 is 0. The van der Waals surface area contributed by atoms with E-state index in [9.17, 15) is 4.79 Å². The lowest BCUT2D eigenvalue weighted by Gasteiger charge is -2.34. The number of piperidine rings is 1. The number of carbonyl (C=O) groups is 1. The number of hydrogen-bond acceptors (Lipinski definition) is 3. The predicted octanol–water partition coefficient (Wildman–Crippen LogP) is 1.54. The van der Waals surface area contributed by atoms with Crippen LogP contribution in [0.3, 0.4) is 0 Å². The number of amides is 1. The molecular formula is C12H18N2O2. The van der Waals surface area contributed by atoms with Crippen LogP contribution >= 0.6 is 0 Å². The minimum absolute atomic E-state index is 0.0481. The van der Waals surface area contributed by atoms with E-state index >= 15 is 0 Å². The Bertz CT molecular complexity index is 373. The van der Waals surface area contributed by atoms with Crippen LogP contribution in [0.25, 0.3) is 0 Å². The normalized spacial score (nSPS) is 21.1. The van der Waals surface area contributed by atoms with Crippen LogP contribution in [0.4, 0.5) is 0 Å². The van der Waals surface area contributed by atoms with Crippen LogP contribution in [0.1, 0.15) is 35.4 Å². The summed E-state index contributed by atoms with van der Waals surface area (Å²) in [6, 6.07) is 1.97. The molecule has 1 aromatic rings. The minimum Gasteiger partial charge on any atom is -0.469 e. The summed E-state index contributed by atoms with van der Waals surface area (Å²) in [4.78, 5) is 14.1. The van der Waals surface area contributed by atoms with Crippen LogP contribution in [0, 0.1) is 6.92 Å². The number of nitrogens with zero attached hydrogens (tertiary/aromatic N) is 1. The molecule has 2 rings (SSSR count). The molecule has 1 atom stereocenters. The third-order valence-electron chi connectivity index (χ3n) is 3.14. The van der Waals surface area contributed by atoms with Crippen molar-refractivity contribution in [1.82, 2.24) is 4.90 Å². The molecule has 0 radical (unpaired) electrons. The number of furan rings is 1. The molecule has 1 aliphatic rings. The highest BCUT2D eigenvalue weighted by Gasteiger charge is 2.27. The molecule has 0 spiro atoms. The van der Waals surface area contributed by atoms with E-state index in [0.29, 0.717) is 12.1 Å². The van der Waals surface area contributed by atoms with Crippen LogP contribution in [-0.4, -0.2) is 29.9 Å². The molecule has 1 saturated heterocycles. The third kappa shape index (κ3) is 2.11. The van der Waals surface area contributed by atoms with Crippen LogP contribution in [0.5, 0.6) is 0 Å². The quantitative estimate of drug-likeness (QED) is 0.825. The van der Waals surface area contributed by atoms with Gasteiger partial charge in [0.05, 0.1) is 5.56 Å². The lowest BCUT2D eigenvalue weighted by atomic mass is 10.0. The molecule has 4 nitrogen and oxygen atoms in total. The lowest BCUT2D eigenvalue weighted by Crippen LogP contribution is -2.47. The predicted molar refractivity (Wildman–Crippen MR) is 61.2 cm³/mol. The Labute approximate surface area is 95.4 Å². The maximum atomic E-state index is 12.2. The van der Waals surface area contributed by atoms with Gasteiger partial charge in [0.1, 0.15) is 12.0 Å². The van der Waals surface area contributed by atoms with Crippen LogP contribution in [0.2, 0.25) is 0 Å². The van der Waals surface area contributed by atoms with Crippen molar-refractivity contribution in [2.45, 2.75) is 32.2 Å². The maximum Gasteiger partial charge on any atom is 0.257 e. The molecule has 88 valence electrons. The van der Waals surface area contributed by atoms with Gasteiger partial charge in [0, 0.05) is 19.1 Å². The Morgan fingerprint density at radius 1 is 1.62 bits per heavy atom. The number of aryl methyl sites for hydroxylation is 1. The second kappa shape index (κ2) is 4.70. The van der Waals surface area contributed by atoms with Gasteiger partial charge in [-0.1, -0.05) is 0 Å². The first-order chi connectivity index (χ1) is 7.72. The van der Waals surface area contributed by atoms with Crippen molar-refractivity contribution < 1.29 is 9.21 Å². The number of likely N-dealkylation sites (tertiary alicyclic amines) is 1. The summed E-state index contributed by atoms with van der Waals surface area (Å²) in [6.45, 7) is 3.20. The zero-order valence-corrected chi connectivity index (χ0v) is 9.61. The van der Waals surface area contributed by atoms with Crippen molar-refractivity contribution in [1.29, 1.82) is 0 Å². The fourth-order valence-corrected chi connectivity index (χ4v) is 2.23. The largest absolute Gasteiger partial charge is 0.469 e. The standard InChI is InChI=1S/C12H18N2O2/c1-9-6-10(8-16-9)12(15)14-5-3-2-4-11(14)7-13/h6,8,11H,2-5,7,13H2,1H3. The second-order valence-electron chi connectivity index (χ2n) is 4.33. The average Bonchev–Trinajstić information content (AvgIpc) is 2.75. The summed E-state index contributed by atoms with van der Waals surface area (Å²) in [5.74, 6) is 0.816. The van der Waals surface area contributed by atoms with E-state index in [-0.39, 0.29) is 11.9 Å². The molecule has 4 heteroatoms. The van der Waals surface area contributed by atoms with Gasteiger partial charge in [-0.05, 0) is 32.3 Å². The van der Waals surface area contributed by atoms with Gasteiger partial charge >= 0.3 is 0 Å². The van der Waals surface area contributed by atoms with Crippen molar-refractivity contribution in [3.05, 3.63) is 23.7 Å². The van der Waals surface area contributed by atoms with Gasteiger partial charge < -0.3 is 15.1 Å². The monoisotopic (exact) mass is 222 g/mol. The molecular weight excluding hydrogens is 204 g/mol. The molecule has 16 heavy (non-hydrogen) atoms. The lowest BCUT2D eigenvalue weighted by molar-refractivity contribution is 0.0622. The van der Waals surface area contributed by atoms with Crippen LogP contribution in [-0.2, 0) is 0 Å². The van der Waals surface area contributed by atoms with Gasteiger partial charge in [0.15, 0.2) is 0 Å². The number of rotatable bonds is 2. The Balaban J connectivity index is 2.13. The van der Waals surface area contributed by atoms with Gasteiger partial charge in [0.2, 0.25) is 0 Å². The first kappa shape index (κ1) is 11.2. The number of hydrogen-bond donors (Lipinski definition) is 1. The van der Waals surface area contributed by atoms with E-state index in [0.717, 1.165) is 31.6 Å². The molecule has 1 fully saturated rings. The Morgan fingerprint density at radius 2 is 2.44 bits per heavy atom. The smallest absolute Gasteiger partial charge is 0.257 e. The summed E-state index contributed by atoms with van der Waals surface area (Å²) in [5.41, 5.74) is 6.33. The molecule has 2 N–H and O–H groups in total. The Hall–Kier alpha value is -1.29. The molecule has 0 saturated carbocycles. The molecule has 1 amide bonds. The fourth-order valence-electron chi connectivity index (χ4n) is 2.23. The van der Waals surface area contributed by atoms with Crippen LogP contribution in [0.15, 0.2) is 16.7 Å². The summed E-state index contributed by atoms with van der Waals surface area (Å²) in [6.07, 6.45) is 4.77. The van der Waals surface area contributed by atoms with Crippen molar-refractivity contribution in [3.8, 4) is 0 Å². The van der Waals surface area contributed by atoms with Crippen molar-refractivity contribution in [2.75, 3.05) is 13.1 Å². The fraction of sp³-hybridized carbons (Fsp3) is 0.583. The van der Waals surface area contributed by atoms with E-state index < -0.39 is 0 Å². The van der Waals surface area contributed by atoms with E-state index in [2.05, 4.69) is 0 Å². The number of nitrogens with two attached hydrogens (primary N) is 1. The maximum absolute atomic E-state index is 12.2. The van der Waals surface area contributed by atoms with E-state index in [1.165, 1.54) is 6.26 Å². The van der Waals surface area contributed by atoms with Gasteiger partial charge in [-0.15, -0.1) is 0 Å². The van der Waals surface area contributed by atoms with Gasteiger partial charge in [-0.3, -0.25) is 4.79 Å². The SMILES string of the molecule is Cc1cc(C(=O)N2CCCCC2CN)co1.